The average molecular weight is 572 g/mol. The molecule has 4 rings (SSSR count). The van der Waals surface area contributed by atoms with Crippen molar-refractivity contribution in [2.75, 3.05) is 18.5 Å². The molecular formula is C19H22N7O8PS2. The van der Waals surface area contributed by atoms with E-state index in [4.69, 9.17) is 4.52 Å². The molecule has 2 aliphatic heterocycles. The lowest BCUT2D eigenvalue weighted by Gasteiger charge is -2.50. The third kappa shape index (κ3) is 5.96. The number of β-lactam (4-membered cyclic amide) rings is 1. The summed E-state index contributed by atoms with van der Waals surface area (Å²) in [5.41, 5.74) is -0.328. The van der Waals surface area contributed by atoms with Crippen LogP contribution in [0.4, 0.5) is 0 Å². The minimum absolute atomic E-state index is 0.0319. The molecule has 5 N–H and O–H groups in total. The van der Waals surface area contributed by atoms with Crippen LogP contribution in [0, 0.1) is 0 Å². The van der Waals surface area contributed by atoms with Crippen LogP contribution in [0.3, 0.4) is 0 Å². The van der Waals surface area contributed by atoms with E-state index in [1.165, 1.54) is 24.0 Å². The monoisotopic (exact) mass is 571 g/mol. The van der Waals surface area contributed by atoms with Crippen molar-refractivity contribution in [2.24, 2.45) is 0 Å². The van der Waals surface area contributed by atoms with E-state index >= 15 is 0 Å². The molecule has 0 aliphatic carbocycles. The summed E-state index contributed by atoms with van der Waals surface area (Å²) in [5, 5.41) is 24.4. The molecule has 2 aromatic heterocycles. The number of H-pyrrole nitrogens is 2. The van der Waals surface area contributed by atoms with Crippen LogP contribution in [0.25, 0.3) is 0 Å². The Hall–Kier alpha value is -2.98. The number of aromatic amines is 2. The number of carboxylic acid groups (broad SMARTS) is 1. The topological polar surface area (TPSA) is 221 Å². The van der Waals surface area contributed by atoms with E-state index in [-0.39, 0.29) is 40.8 Å². The standard InChI is InChI=1S/C19H22N7O8PS2/c1-2-34-35(32,33)7-11(37-19-22-24-25-23-19)10-8-36-17-13(16(29)26(17)14(10)18(30)31)21-12(27)6-9-4-3-5-20-15(9)28/h3-5,11,13,17H,2,6-8H2,1H3,(H,20,28)(H,21,27)(H,30,31)(H,32,33)(H,22,23,24,25)/t11?,13-,17+/m1/s1. The van der Waals surface area contributed by atoms with Gasteiger partial charge < -0.3 is 24.8 Å². The Bertz CT molecular complexity index is 1330. The van der Waals surface area contributed by atoms with Crippen LogP contribution in [0.5, 0.6) is 0 Å². The fourth-order valence-corrected chi connectivity index (χ4v) is 8.21. The normalized spacial score (nSPS) is 21.6. The highest BCUT2D eigenvalue weighted by atomic mass is 32.2. The smallest absolute Gasteiger partial charge is 0.352 e. The molecule has 1 saturated heterocycles. The molecule has 4 heterocycles. The number of amides is 2. The van der Waals surface area contributed by atoms with Crippen LogP contribution in [0.2, 0.25) is 0 Å². The zero-order valence-corrected chi connectivity index (χ0v) is 21.7. The summed E-state index contributed by atoms with van der Waals surface area (Å²) in [6, 6.07) is 2.07. The second-order valence-corrected chi connectivity index (χ2v) is 12.0. The van der Waals surface area contributed by atoms with Gasteiger partial charge in [-0.1, -0.05) is 17.8 Å². The van der Waals surface area contributed by atoms with E-state index in [2.05, 4.69) is 30.9 Å². The molecule has 2 aromatic rings. The Kier molecular flexibility index (Phi) is 8.18. The largest absolute Gasteiger partial charge is 0.477 e. The maximum Gasteiger partial charge on any atom is 0.352 e. The molecule has 0 aromatic carbocycles. The van der Waals surface area contributed by atoms with Crippen molar-refractivity contribution >= 4 is 48.9 Å². The first kappa shape index (κ1) is 27.1. The predicted octanol–water partition coefficient (Wildman–Crippen LogP) is -0.448. The summed E-state index contributed by atoms with van der Waals surface area (Å²) in [5.74, 6) is -2.53. The van der Waals surface area contributed by atoms with E-state index < -0.39 is 53.8 Å². The first-order chi connectivity index (χ1) is 17.6. The van der Waals surface area contributed by atoms with Crippen molar-refractivity contribution in [3.05, 3.63) is 45.5 Å². The number of carboxylic acids is 1. The molecule has 1 fully saturated rings. The van der Waals surface area contributed by atoms with Crippen molar-refractivity contribution in [3.63, 3.8) is 0 Å². The van der Waals surface area contributed by atoms with Gasteiger partial charge in [0.1, 0.15) is 17.1 Å². The Morgan fingerprint density at radius 3 is 2.86 bits per heavy atom. The number of carbonyl (C=O) groups is 3. The third-order valence-electron chi connectivity index (χ3n) is 5.46. The predicted molar refractivity (Wildman–Crippen MR) is 131 cm³/mol. The lowest BCUT2D eigenvalue weighted by atomic mass is 10.0. The Morgan fingerprint density at radius 2 is 2.22 bits per heavy atom. The lowest BCUT2D eigenvalue weighted by Crippen LogP contribution is -2.71. The number of pyridine rings is 1. The van der Waals surface area contributed by atoms with Crippen molar-refractivity contribution in [3.8, 4) is 0 Å². The summed E-state index contributed by atoms with van der Waals surface area (Å²) in [7, 11) is -4.12. The number of tetrazole rings is 1. The average Bonchev–Trinajstić information content (AvgIpc) is 3.35. The summed E-state index contributed by atoms with van der Waals surface area (Å²) in [4.78, 5) is 63.4. The third-order valence-corrected chi connectivity index (χ3v) is 9.61. The number of rotatable bonds is 11. The van der Waals surface area contributed by atoms with Crippen LogP contribution in [0.1, 0.15) is 12.5 Å². The van der Waals surface area contributed by atoms with Gasteiger partial charge in [0.15, 0.2) is 0 Å². The Morgan fingerprint density at radius 1 is 1.43 bits per heavy atom. The van der Waals surface area contributed by atoms with Gasteiger partial charge in [-0.2, -0.15) is 5.21 Å². The highest BCUT2D eigenvalue weighted by molar-refractivity contribution is 8.01. The lowest BCUT2D eigenvalue weighted by molar-refractivity contribution is -0.150. The van der Waals surface area contributed by atoms with Gasteiger partial charge in [-0.25, -0.2) is 4.79 Å². The van der Waals surface area contributed by atoms with Crippen LogP contribution in [0.15, 0.2) is 39.6 Å². The van der Waals surface area contributed by atoms with Crippen molar-refractivity contribution in [2.45, 2.75) is 35.2 Å². The molecule has 15 nitrogen and oxygen atoms in total. The minimum Gasteiger partial charge on any atom is -0.477 e. The second kappa shape index (κ2) is 11.2. The van der Waals surface area contributed by atoms with Gasteiger partial charge in [-0.3, -0.25) is 23.8 Å². The van der Waals surface area contributed by atoms with Gasteiger partial charge in [0.25, 0.3) is 11.5 Å². The van der Waals surface area contributed by atoms with Crippen LogP contribution >= 0.6 is 31.1 Å². The quantitative estimate of drug-likeness (QED) is 0.131. The van der Waals surface area contributed by atoms with Gasteiger partial charge in [-0.15, -0.1) is 22.0 Å². The molecule has 2 amide bonds. The van der Waals surface area contributed by atoms with Gasteiger partial charge in [-0.05, 0) is 23.8 Å². The number of aliphatic carboxylic acids is 1. The number of hydrogen-bond donors (Lipinski definition) is 5. The number of aromatic nitrogens is 5. The maximum absolute atomic E-state index is 13.0. The molecule has 37 heavy (non-hydrogen) atoms. The van der Waals surface area contributed by atoms with Crippen LogP contribution in [-0.4, -0.2) is 93.5 Å². The first-order valence-electron chi connectivity index (χ1n) is 10.8. The number of fused-ring (bicyclic) bond motifs is 1. The molecule has 2 unspecified atom stereocenters. The van der Waals surface area contributed by atoms with E-state index in [0.717, 1.165) is 16.7 Å². The molecule has 2 aliphatic rings. The summed E-state index contributed by atoms with van der Waals surface area (Å²) >= 11 is 2.11. The van der Waals surface area contributed by atoms with Gasteiger partial charge in [0.2, 0.25) is 11.1 Å². The van der Waals surface area contributed by atoms with Crippen LogP contribution < -0.4 is 10.9 Å². The van der Waals surface area contributed by atoms with Crippen LogP contribution in [-0.2, 0) is 29.9 Å². The molecular weight excluding hydrogens is 549 g/mol. The maximum atomic E-state index is 13.0. The van der Waals surface area contributed by atoms with Crippen molar-refractivity contribution < 1.29 is 33.5 Å². The van der Waals surface area contributed by atoms with E-state index in [1.54, 1.807) is 13.0 Å². The van der Waals surface area contributed by atoms with E-state index in [1.807, 2.05) is 0 Å². The first-order valence-corrected chi connectivity index (χ1v) is 14.5. The minimum atomic E-state index is -4.12. The molecule has 0 saturated carbocycles. The van der Waals surface area contributed by atoms with Crippen molar-refractivity contribution in [1.82, 2.24) is 35.8 Å². The molecule has 198 valence electrons. The highest BCUT2D eigenvalue weighted by Crippen LogP contribution is 2.50. The summed E-state index contributed by atoms with van der Waals surface area (Å²) in [6.45, 7) is 1.52. The zero-order chi connectivity index (χ0) is 26.7. The number of hydrogen-bond acceptors (Lipinski definition) is 11. The molecule has 0 spiro atoms. The SMILES string of the molecule is CCOP(=O)(O)CC(Sc1nn[nH]n1)C1=C(C(=O)O)N2C(=O)[C@@H](NC(=O)Cc3ccc[nH]c3=O)[C@@H]2SC1. The molecule has 0 bridgehead atoms. The number of nitrogens with one attached hydrogen (secondary N) is 3. The second-order valence-electron chi connectivity index (χ2n) is 7.87. The van der Waals surface area contributed by atoms with E-state index in [0.29, 0.717) is 0 Å². The molecule has 0 radical (unpaired) electrons. The number of thioether (sulfide) groups is 2. The highest BCUT2D eigenvalue weighted by Gasteiger charge is 2.55. The number of nitrogens with zero attached hydrogens (tertiary/aromatic N) is 4. The summed E-state index contributed by atoms with van der Waals surface area (Å²) < 4.78 is 17.5. The molecule has 18 heteroatoms. The van der Waals surface area contributed by atoms with Gasteiger partial charge in [0.05, 0.1) is 19.2 Å². The van der Waals surface area contributed by atoms with Gasteiger partial charge in [0, 0.05) is 22.8 Å². The van der Waals surface area contributed by atoms with Crippen molar-refractivity contribution in [1.29, 1.82) is 0 Å². The zero-order valence-electron chi connectivity index (χ0n) is 19.2. The number of carbonyl (C=O) groups excluding carboxylic acids is 2. The fraction of sp³-hybridized carbons (Fsp3) is 0.421. The van der Waals surface area contributed by atoms with Gasteiger partial charge >= 0.3 is 13.6 Å². The Balaban J connectivity index is 1.57. The van der Waals surface area contributed by atoms with E-state index in [9.17, 15) is 33.7 Å². The summed E-state index contributed by atoms with van der Waals surface area (Å²) in [6.07, 6.45) is 0.726. The fourth-order valence-electron chi connectivity index (χ4n) is 3.89. The Labute approximate surface area is 217 Å². The molecule has 4 atom stereocenters.